The number of nitro benzene ring substituents is 1. The number of hydrogen-bond donors (Lipinski definition) is 1. The molecule has 7 heteroatoms. The zero-order valence-electron chi connectivity index (χ0n) is 11.4. The van der Waals surface area contributed by atoms with Gasteiger partial charge in [-0.2, -0.15) is 0 Å². The fraction of sp³-hybridized carbons (Fsp3) is 0.462. The minimum atomic E-state index is -0.910. The van der Waals surface area contributed by atoms with Gasteiger partial charge in [0.05, 0.1) is 4.92 Å². The average molecular weight is 279 g/mol. The standard InChI is InChI=1S/C13H17N3O4/c1-9-8-15(13(17)18)10(2)7-14(9)11-3-5-12(6-4-11)16(19)20/h3-6,9-10H,7-8H2,1-2H3,(H,17,18)/t9-,10+/m0/s1. The molecule has 0 bridgehead atoms. The molecule has 1 aromatic rings. The van der Waals surface area contributed by atoms with Crippen LogP contribution in [0.15, 0.2) is 24.3 Å². The van der Waals surface area contributed by atoms with Gasteiger partial charge in [-0.25, -0.2) is 4.79 Å². The van der Waals surface area contributed by atoms with Crippen LogP contribution in [0.1, 0.15) is 13.8 Å². The Bertz CT molecular complexity index is 517. The summed E-state index contributed by atoms with van der Waals surface area (Å²) in [5, 5.41) is 19.8. The summed E-state index contributed by atoms with van der Waals surface area (Å²) < 4.78 is 0. The highest BCUT2D eigenvalue weighted by Gasteiger charge is 2.32. The zero-order chi connectivity index (χ0) is 14.9. The van der Waals surface area contributed by atoms with Gasteiger partial charge >= 0.3 is 6.09 Å². The van der Waals surface area contributed by atoms with Crippen molar-refractivity contribution in [2.45, 2.75) is 25.9 Å². The molecule has 1 amide bonds. The van der Waals surface area contributed by atoms with Gasteiger partial charge in [0.25, 0.3) is 5.69 Å². The van der Waals surface area contributed by atoms with Gasteiger partial charge in [-0.05, 0) is 26.0 Å². The normalized spacial score (nSPS) is 22.7. The molecule has 1 heterocycles. The van der Waals surface area contributed by atoms with E-state index < -0.39 is 11.0 Å². The SMILES string of the molecule is C[C@@H]1CN(c2ccc([N+](=O)[O-])cc2)[C@@H](C)CN1C(=O)O. The molecule has 108 valence electrons. The molecule has 1 N–H and O–H groups in total. The Morgan fingerprint density at radius 2 is 1.85 bits per heavy atom. The van der Waals surface area contributed by atoms with Crippen molar-refractivity contribution in [1.29, 1.82) is 0 Å². The predicted octanol–water partition coefficient (Wildman–Crippen LogP) is 2.17. The highest BCUT2D eigenvalue weighted by atomic mass is 16.6. The molecule has 20 heavy (non-hydrogen) atoms. The number of nitro groups is 1. The van der Waals surface area contributed by atoms with Crippen LogP contribution in [0.3, 0.4) is 0 Å². The van der Waals surface area contributed by atoms with Gasteiger partial charge in [0.2, 0.25) is 0 Å². The molecule has 0 aromatic heterocycles. The molecule has 7 nitrogen and oxygen atoms in total. The second kappa shape index (κ2) is 5.36. The van der Waals surface area contributed by atoms with Crippen molar-refractivity contribution in [3.05, 3.63) is 34.4 Å². The first-order valence-electron chi connectivity index (χ1n) is 6.41. The Balaban J connectivity index is 2.17. The molecular formula is C13H17N3O4. The smallest absolute Gasteiger partial charge is 0.407 e. The van der Waals surface area contributed by atoms with Gasteiger partial charge in [-0.1, -0.05) is 0 Å². The third kappa shape index (κ3) is 2.66. The lowest BCUT2D eigenvalue weighted by atomic mass is 10.1. The van der Waals surface area contributed by atoms with Crippen molar-refractivity contribution in [2.75, 3.05) is 18.0 Å². The topological polar surface area (TPSA) is 86.9 Å². The summed E-state index contributed by atoms with van der Waals surface area (Å²) in [5.41, 5.74) is 0.929. The number of anilines is 1. The first kappa shape index (κ1) is 14.1. The van der Waals surface area contributed by atoms with Crippen LogP contribution in [-0.2, 0) is 0 Å². The summed E-state index contributed by atoms with van der Waals surface area (Å²) in [6.07, 6.45) is -0.910. The van der Waals surface area contributed by atoms with E-state index in [4.69, 9.17) is 5.11 Å². The van der Waals surface area contributed by atoms with Crippen LogP contribution in [0.25, 0.3) is 0 Å². The van der Waals surface area contributed by atoms with Crippen molar-refractivity contribution in [1.82, 2.24) is 4.90 Å². The van der Waals surface area contributed by atoms with Crippen molar-refractivity contribution in [3.63, 3.8) is 0 Å². The van der Waals surface area contributed by atoms with Gasteiger partial charge in [0.1, 0.15) is 0 Å². The van der Waals surface area contributed by atoms with E-state index in [-0.39, 0.29) is 17.8 Å². The third-order valence-electron chi connectivity index (χ3n) is 3.62. The van der Waals surface area contributed by atoms with E-state index in [2.05, 4.69) is 4.90 Å². The van der Waals surface area contributed by atoms with Crippen molar-refractivity contribution < 1.29 is 14.8 Å². The first-order chi connectivity index (χ1) is 9.40. The third-order valence-corrected chi connectivity index (χ3v) is 3.62. The zero-order valence-corrected chi connectivity index (χ0v) is 11.4. The van der Waals surface area contributed by atoms with Crippen molar-refractivity contribution in [3.8, 4) is 0 Å². The Labute approximate surface area is 116 Å². The van der Waals surface area contributed by atoms with E-state index in [0.717, 1.165) is 5.69 Å². The molecule has 1 aliphatic heterocycles. The minimum absolute atomic E-state index is 0.0313. The maximum absolute atomic E-state index is 11.1. The number of nitrogens with zero attached hydrogens (tertiary/aromatic N) is 3. The Morgan fingerprint density at radius 1 is 1.25 bits per heavy atom. The van der Waals surface area contributed by atoms with Crippen LogP contribution in [0.2, 0.25) is 0 Å². The van der Waals surface area contributed by atoms with Gasteiger partial charge in [0, 0.05) is 43.0 Å². The summed E-state index contributed by atoms with van der Waals surface area (Å²) in [4.78, 5) is 24.8. The van der Waals surface area contributed by atoms with E-state index in [1.165, 1.54) is 17.0 Å². The summed E-state index contributed by atoms with van der Waals surface area (Å²) in [5.74, 6) is 0. The van der Waals surface area contributed by atoms with Crippen LogP contribution < -0.4 is 4.90 Å². The average Bonchev–Trinajstić information content (AvgIpc) is 2.40. The summed E-state index contributed by atoms with van der Waals surface area (Å²) in [6, 6.07) is 6.27. The van der Waals surface area contributed by atoms with Crippen LogP contribution in [-0.4, -0.2) is 46.2 Å². The Hall–Kier alpha value is -2.31. The lowest BCUT2D eigenvalue weighted by Crippen LogP contribution is -2.58. The van der Waals surface area contributed by atoms with Crippen LogP contribution in [0.5, 0.6) is 0 Å². The number of amides is 1. The van der Waals surface area contributed by atoms with E-state index in [9.17, 15) is 14.9 Å². The molecule has 1 aliphatic rings. The van der Waals surface area contributed by atoms with Crippen LogP contribution in [0.4, 0.5) is 16.2 Å². The van der Waals surface area contributed by atoms with E-state index in [0.29, 0.717) is 13.1 Å². The van der Waals surface area contributed by atoms with Crippen LogP contribution in [0, 0.1) is 10.1 Å². The molecule has 0 aliphatic carbocycles. The van der Waals surface area contributed by atoms with Gasteiger partial charge in [0.15, 0.2) is 0 Å². The number of carboxylic acid groups (broad SMARTS) is 1. The largest absolute Gasteiger partial charge is 0.465 e. The van der Waals surface area contributed by atoms with Gasteiger partial charge in [-0.15, -0.1) is 0 Å². The number of carbonyl (C=O) groups is 1. The van der Waals surface area contributed by atoms with Crippen LogP contribution >= 0.6 is 0 Å². The number of piperazine rings is 1. The van der Waals surface area contributed by atoms with Gasteiger partial charge < -0.3 is 14.9 Å². The van der Waals surface area contributed by atoms with E-state index in [1.54, 1.807) is 12.1 Å². The second-order valence-electron chi connectivity index (χ2n) is 5.06. The predicted molar refractivity (Wildman–Crippen MR) is 74.1 cm³/mol. The lowest BCUT2D eigenvalue weighted by Gasteiger charge is -2.44. The van der Waals surface area contributed by atoms with E-state index >= 15 is 0 Å². The molecule has 0 unspecified atom stereocenters. The highest BCUT2D eigenvalue weighted by Crippen LogP contribution is 2.25. The molecule has 2 rings (SSSR count). The number of rotatable bonds is 2. The molecule has 2 atom stereocenters. The molecule has 1 fully saturated rings. The van der Waals surface area contributed by atoms with Crippen molar-refractivity contribution >= 4 is 17.5 Å². The summed E-state index contributed by atoms with van der Waals surface area (Å²) in [7, 11) is 0. The molecular weight excluding hydrogens is 262 g/mol. The lowest BCUT2D eigenvalue weighted by molar-refractivity contribution is -0.384. The highest BCUT2D eigenvalue weighted by molar-refractivity contribution is 5.66. The Morgan fingerprint density at radius 3 is 2.35 bits per heavy atom. The number of non-ortho nitro benzene ring substituents is 1. The number of benzene rings is 1. The molecule has 1 aromatic carbocycles. The van der Waals surface area contributed by atoms with E-state index in [1.807, 2.05) is 13.8 Å². The van der Waals surface area contributed by atoms with Gasteiger partial charge in [-0.3, -0.25) is 10.1 Å². The van der Waals surface area contributed by atoms with Crippen molar-refractivity contribution in [2.24, 2.45) is 0 Å². The Kier molecular flexibility index (Phi) is 3.78. The summed E-state index contributed by atoms with van der Waals surface area (Å²) >= 11 is 0. The molecule has 0 radical (unpaired) electrons. The number of hydrogen-bond acceptors (Lipinski definition) is 4. The monoisotopic (exact) mass is 279 g/mol. The molecule has 1 saturated heterocycles. The minimum Gasteiger partial charge on any atom is -0.465 e. The maximum Gasteiger partial charge on any atom is 0.407 e. The second-order valence-corrected chi connectivity index (χ2v) is 5.06. The quantitative estimate of drug-likeness (QED) is 0.662. The summed E-state index contributed by atoms with van der Waals surface area (Å²) in [6.45, 7) is 4.81. The first-order valence-corrected chi connectivity index (χ1v) is 6.41. The fourth-order valence-electron chi connectivity index (χ4n) is 2.52. The fourth-order valence-corrected chi connectivity index (χ4v) is 2.52. The molecule has 0 saturated carbocycles. The molecule has 0 spiro atoms. The maximum atomic E-state index is 11.1.